The number of nitrogens with one attached hydrogen (secondary N) is 1. The Morgan fingerprint density at radius 2 is 1.36 bits per heavy atom. The summed E-state index contributed by atoms with van der Waals surface area (Å²) >= 11 is 0. The summed E-state index contributed by atoms with van der Waals surface area (Å²) < 4.78 is 2.57. The lowest BCUT2D eigenvalue weighted by atomic mass is 10.2. The van der Waals surface area contributed by atoms with Gasteiger partial charge in [0.25, 0.3) is 11.1 Å². The fourth-order valence-electron chi connectivity index (χ4n) is 3.96. The van der Waals surface area contributed by atoms with Gasteiger partial charge in [-0.3, -0.25) is 28.9 Å². The molecule has 4 rings (SSSR count). The van der Waals surface area contributed by atoms with Crippen LogP contribution in [0.1, 0.15) is 13.8 Å². The molecule has 166 valence electrons. The second-order valence-corrected chi connectivity index (χ2v) is 7.92. The van der Waals surface area contributed by atoms with E-state index in [2.05, 4.69) is 0 Å². The van der Waals surface area contributed by atoms with Crippen molar-refractivity contribution in [3.05, 3.63) is 111 Å². The highest BCUT2D eigenvalue weighted by Crippen LogP contribution is 2.19. The average molecular weight is 441 g/mol. The van der Waals surface area contributed by atoms with E-state index in [1.807, 2.05) is 50.2 Å². The van der Waals surface area contributed by atoms with Crippen LogP contribution in [0.15, 0.2) is 94.5 Å². The molecular formula is C26H24N4O3. The van der Waals surface area contributed by atoms with Crippen molar-refractivity contribution in [3.63, 3.8) is 0 Å². The third-order valence-corrected chi connectivity index (χ3v) is 5.42. The number of para-hydroxylation sites is 4. The molecule has 7 heteroatoms. The van der Waals surface area contributed by atoms with Crippen molar-refractivity contribution < 1.29 is 4.79 Å². The van der Waals surface area contributed by atoms with Gasteiger partial charge in [-0.25, -0.2) is 0 Å². The van der Waals surface area contributed by atoms with Crippen molar-refractivity contribution >= 4 is 22.6 Å². The quantitative estimate of drug-likeness (QED) is 0.517. The van der Waals surface area contributed by atoms with E-state index >= 15 is 0 Å². The monoisotopic (exact) mass is 440 g/mol. The smallest absolute Gasteiger partial charge is 0.286 e. The van der Waals surface area contributed by atoms with Crippen LogP contribution in [0.3, 0.4) is 0 Å². The summed E-state index contributed by atoms with van der Waals surface area (Å²) in [5, 5.41) is 7.62. The molecule has 0 saturated heterocycles. The van der Waals surface area contributed by atoms with Crippen LogP contribution in [0.5, 0.6) is 0 Å². The van der Waals surface area contributed by atoms with Gasteiger partial charge in [0.15, 0.2) is 5.36 Å². The molecule has 1 aromatic heterocycles. The van der Waals surface area contributed by atoms with E-state index < -0.39 is 16.5 Å². The average Bonchev–Trinajstić information content (AvgIpc) is 2.90. The first-order chi connectivity index (χ1) is 15.9. The van der Waals surface area contributed by atoms with Crippen molar-refractivity contribution in [3.8, 4) is 5.69 Å². The molecule has 4 aromatic rings. The van der Waals surface area contributed by atoms with Gasteiger partial charge < -0.3 is 4.90 Å². The van der Waals surface area contributed by atoms with Crippen molar-refractivity contribution in [1.82, 2.24) is 9.13 Å². The summed E-state index contributed by atoms with van der Waals surface area (Å²) in [4.78, 5) is 41.5. The van der Waals surface area contributed by atoms with Gasteiger partial charge in [0, 0.05) is 17.4 Å². The van der Waals surface area contributed by atoms with E-state index in [4.69, 9.17) is 5.41 Å². The summed E-state index contributed by atoms with van der Waals surface area (Å²) in [6, 6.07) is 24.8. The number of anilines is 1. The maximum absolute atomic E-state index is 13.4. The van der Waals surface area contributed by atoms with Crippen LogP contribution in [0.25, 0.3) is 16.7 Å². The van der Waals surface area contributed by atoms with Crippen molar-refractivity contribution in [2.75, 3.05) is 4.90 Å². The predicted molar refractivity (Wildman–Crippen MR) is 129 cm³/mol. The van der Waals surface area contributed by atoms with Gasteiger partial charge in [0.1, 0.15) is 6.54 Å². The highest BCUT2D eigenvalue weighted by Gasteiger charge is 2.21. The first-order valence-corrected chi connectivity index (χ1v) is 10.7. The Labute approximate surface area is 190 Å². The topological polar surface area (TPSA) is 88.2 Å². The van der Waals surface area contributed by atoms with Gasteiger partial charge >= 0.3 is 0 Å². The fraction of sp³-hybridized carbons (Fsp3) is 0.154. The van der Waals surface area contributed by atoms with E-state index in [0.717, 1.165) is 0 Å². The van der Waals surface area contributed by atoms with Gasteiger partial charge in [-0.05, 0) is 50.2 Å². The number of nitrogens with zero attached hydrogens (tertiary/aromatic N) is 3. The first-order valence-electron chi connectivity index (χ1n) is 10.7. The van der Waals surface area contributed by atoms with Gasteiger partial charge in [0.05, 0.1) is 11.0 Å². The molecule has 0 aliphatic rings. The van der Waals surface area contributed by atoms with Crippen molar-refractivity contribution in [1.29, 1.82) is 5.41 Å². The molecule has 0 atom stereocenters. The van der Waals surface area contributed by atoms with Gasteiger partial charge in [-0.15, -0.1) is 0 Å². The number of hydrogen-bond acceptors (Lipinski definition) is 4. The van der Waals surface area contributed by atoms with Gasteiger partial charge in [0.2, 0.25) is 5.91 Å². The molecule has 33 heavy (non-hydrogen) atoms. The molecule has 0 unspecified atom stereocenters. The van der Waals surface area contributed by atoms with Crippen LogP contribution in [0.2, 0.25) is 0 Å². The molecular weight excluding hydrogens is 416 g/mol. The lowest BCUT2D eigenvalue weighted by Crippen LogP contribution is -2.46. The zero-order valence-corrected chi connectivity index (χ0v) is 18.4. The van der Waals surface area contributed by atoms with Crippen LogP contribution in [0.4, 0.5) is 5.69 Å². The number of carbonyl (C=O) groups excluding carboxylic acids is 1. The number of benzene rings is 3. The number of hydrogen-bond donors (Lipinski definition) is 1. The van der Waals surface area contributed by atoms with Crippen LogP contribution in [-0.2, 0) is 11.3 Å². The Balaban J connectivity index is 1.97. The largest absolute Gasteiger partial charge is 0.308 e. The van der Waals surface area contributed by atoms with E-state index in [0.29, 0.717) is 22.4 Å². The lowest BCUT2D eigenvalue weighted by Gasteiger charge is -2.27. The highest BCUT2D eigenvalue weighted by molar-refractivity contribution is 5.94. The normalized spacial score (nSPS) is 11.0. The number of amides is 1. The molecule has 0 bridgehead atoms. The molecule has 1 N–H and O–H groups in total. The Bertz CT molecular complexity index is 1490. The Kier molecular flexibility index (Phi) is 6.04. The van der Waals surface area contributed by atoms with Crippen LogP contribution in [0, 0.1) is 5.41 Å². The number of carbonyl (C=O) groups is 1. The maximum atomic E-state index is 13.4. The molecule has 0 aliphatic carbocycles. The highest BCUT2D eigenvalue weighted by atomic mass is 16.2. The molecule has 7 nitrogen and oxygen atoms in total. The SMILES string of the molecule is CC(C)N(C(=O)Cn1c(=O)c(=N)c(=O)n(-c2ccccc2)c2ccccc21)c1ccccc1. The minimum Gasteiger partial charge on any atom is -0.308 e. The summed E-state index contributed by atoms with van der Waals surface area (Å²) in [6.45, 7) is 3.48. The summed E-state index contributed by atoms with van der Waals surface area (Å²) in [5.41, 5.74) is 0.534. The molecule has 3 aromatic carbocycles. The van der Waals surface area contributed by atoms with Gasteiger partial charge in [-0.1, -0.05) is 48.5 Å². The minimum absolute atomic E-state index is 0.154. The Morgan fingerprint density at radius 1 is 0.818 bits per heavy atom. The molecule has 0 fully saturated rings. The zero-order valence-electron chi connectivity index (χ0n) is 18.4. The van der Waals surface area contributed by atoms with E-state index in [1.54, 1.807) is 53.4 Å². The lowest BCUT2D eigenvalue weighted by molar-refractivity contribution is -0.119. The molecule has 0 saturated carbocycles. The molecule has 0 aliphatic heterocycles. The predicted octanol–water partition coefficient (Wildman–Crippen LogP) is 3.07. The Morgan fingerprint density at radius 3 is 1.97 bits per heavy atom. The summed E-state index contributed by atoms with van der Waals surface area (Å²) in [6.07, 6.45) is 0. The van der Waals surface area contributed by atoms with Crippen molar-refractivity contribution in [2.45, 2.75) is 26.4 Å². The first kappa shape index (κ1) is 22.0. The Hall–Kier alpha value is -4.26. The summed E-state index contributed by atoms with van der Waals surface area (Å²) in [7, 11) is 0. The third-order valence-electron chi connectivity index (χ3n) is 5.42. The number of rotatable bonds is 5. The second-order valence-electron chi connectivity index (χ2n) is 7.92. The van der Waals surface area contributed by atoms with Crippen LogP contribution in [-0.4, -0.2) is 21.1 Å². The third kappa shape index (κ3) is 4.13. The fourth-order valence-corrected chi connectivity index (χ4v) is 3.96. The van der Waals surface area contributed by atoms with E-state index in [-0.39, 0.29) is 18.5 Å². The molecule has 1 amide bonds. The molecule has 0 radical (unpaired) electrons. The number of fused-ring (bicyclic) bond motifs is 1. The van der Waals surface area contributed by atoms with Gasteiger partial charge in [-0.2, -0.15) is 0 Å². The zero-order chi connectivity index (χ0) is 23.5. The number of aromatic nitrogens is 2. The van der Waals surface area contributed by atoms with Crippen molar-refractivity contribution in [2.24, 2.45) is 0 Å². The maximum Gasteiger partial charge on any atom is 0.286 e. The molecule has 0 spiro atoms. The van der Waals surface area contributed by atoms with Crippen LogP contribution >= 0.6 is 0 Å². The standard InChI is InChI=1S/C26H24N4O3/c1-18(2)29(19-11-5-3-6-12-19)23(31)17-28-21-15-9-10-16-22(21)30(20-13-7-4-8-14-20)26(33)24(27)25(28)32/h3-16,18,27H,17H2,1-2H3. The van der Waals surface area contributed by atoms with E-state index in [9.17, 15) is 14.4 Å². The minimum atomic E-state index is -0.809. The summed E-state index contributed by atoms with van der Waals surface area (Å²) in [5.74, 6) is -0.312. The molecule has 1 heterocycles. The van der Waals surface area contributed by atoms with E-state index in [1.165, 1.54) is 9.13 Å². The van der Waals surface area contributed by atoms with Crippen LogP contribution < -0.4 is 21.4 Å². The second kappa shape index (κ2) is 9.08.